The normalized spacial score (nSPS) is 11.8. The van der Waals surface area contributed by atoms with E-state index in [-0.39, 0.29) is 17.9 Å². The average molecular weight is 255 g/mol. The average Bonchev–Trinajstić information content (AvgIpc) is 2.27. The highest BCUT2D eigenvalue weighted by Gasteiger charge is 2.22. The van der Waals surface area contributed by atoms with Crippen LogP contribution in [0.15, 0.2) is 18.2 Å². The first-order chi connectivity index (χ1) is 8.45. The van der Waals surface area contributed by atoms with Gasteiger partial charge in [-0.25, -0.2) is 4.79 Å². The molecule has 7 heteroatoms. The van der Waals surface area contributed by atoms with E-state index >= 15 is 0 Å². The molecule has 1 aromatic carbocycles. The van der Waals surface area contributed by atoms with Crippen LogP contribution in [-0.2, 0) is 9.53 Å². The predicted molar refractivity (Wildman–Crippen MR) is 60.5 cm³/mol. The van der Waals surface area contributed by atoms with Gasteiger partial charge in [0, 0.05) is 13.2 Å². The first kappa shape index (κ1) is 13.8. The number of phenols is 2. The predicted octanol–water partition coefficient (Wildman–Crippen LogP) is -0.0728. The molecular formula is C11H13NO6. The number of benzene rings is 1. The van der Waals surface area contributed by atoms with Gasteiger partial charge in [-0.15, -0.1) is 0 Å². The van der Waals surface area contributed by atoms with Gasteiger partial charge in [0.2, 0.25) is 0 Å². The molecular weight excluding hydrogens is 242 g/mol. The second-order valence-electron chi connectivity index (χ2n) is 3.52. The van der Waals surface area contributed by atoms with Gasteiger partial charge in [0.05, 0.1) is 12.2 Å². The minimum absolute atomic E-state index is 0.129. The van der Waals surface area contributed by atoms with Crippen molar-refractivity contribution in [2.45, 2.75) is 6.04 Å². The van der Waals surface area contributed by atoms with Crippen LogP contribution in [0.4, 0.5) is 0 Å². The molecule has 98 valence electrons. The van der Waals surface area contributed by atoms with Gasteiger partial charge in [0.15, 0.2) is 6.04 Å². The van der Waals surface area contributed by atoms with Crippen LogP contribution in [-0.4, -0.2) is 47.0 Å². The molecule has 0 aliphatic rings. The van der Waals surface area contributed by atoms with Crippen molar-refractivity contribution in [2.75, 3.05) is 13.7 Å². The van der Waals surface area contributed by atoms with Crippen molar-refractivity contribution in [1.29, 1.82) is 0 Å². The fourth-order valence-electron chi connectivity index (χ4n) is 1.29. The molecule has 0 bridgehead atoms. The van der Waals surface area contributed by atoms with E-state index in [1.54, 1.807) is 0 Å². The zero-order valence-electron chi connectivity index (χ0n) is 9.58. The number of aromatic hydroxyl groups is 2. The molecule has 1 unspecified atom stereocenters. The van der Waals surface area contributed by atoms with Gasteiger partial charge in [-0.1, -0.05) is 0 Å². The number of amides is 1. The van der Waals surface area contributed by atoms with Crippen molar-refractivity contribution in [3.63, 3.8) is 0 Å². The molecule has 18 heavy (non-hydrogen) atoms. The van der Waals surface area contributed by atoms with Crippen molar-refractivity contribution in [2.24, 2.45) is 0 Å². The third-order valence-electron chi connectivity index (χ3n) is 2.16. The van der Waals surface area contributed by atoms with Crippen LogP contribution in [0.1, 0.15) is 10.4 Å². The number of carboxylic acid groups (broad SMARTS) is 1. The summed E-state index contributed by atoms with van der Waals surface area (Å²) in [5.41, 5.74) is -0.129. The lowest BCUT2D eigenvalue weighted by Crippen LogP contribution is -2.43. The van der Waals surface area contributed by atoms with Gasteiger partial charge < -0.3 is 25.4 Å². The van der Waals surface area contributed by atoms with Crippen LogP contribution >= 0.6 is 0 Å². The Labute approximate surface area is 103 Å². The van der Waals surface area contributed by atoms with Gasteiger partial charge in [0.25, 0.3) is 5.91 Å². The molecule has 4 N–H and O–H groups in total. The Morgan fingerprint density at radius 3 is 2.56 bits per heavy atom. The summed E-state index contributed by atoms with van der Waals surface area (Å²) in [7, 11) is 1.31. The summed E-state index contributed by atoms with van der Waals surface area (Å²) in [6.45, 7) is -0.195. The van der Waals surface area contributed by atoms with E-state index in [1.165, 1.54) is 19.2 Å². The summed E-state index contributed by atoms with van der Waals surface area (Å²) in [4.78, 5) is 22.5. The summed E-state index contributed by atoms with van der Waals surface area (Å²) in [6, 6.07) is 2.17. The molecule has 0 saturated carbocycles. The number of ether oxygens (including phenoxy) is 1. The second kappa shape index (κ2) is 5.87. The van der Waals surface area contributed by atoms with Crippen molar-refractivity contribution >= 4 is 11.9 Å². The summed E-state index contributed by atoms with van der Waals surface area (Å²) >= 11 is 0. The van der Waals surface area contributed by atoms with E-state index in [9.17, 15) is 14.7 Å². The smallest absolute Gasteiger partial charge is 0.328 e. The van der Waals surface area contributed by atoms with Crippen LogP contribution in [0.3, 0.4) is 0 Å². The lowest BCUT2D eigenvalue weighted by molar-refractivity contribution is -0.140. The van der Waals surface area contributed by atoms with Gasteiger partial charge in [-0.05, 0) is 12.1 Å². The molecule has 0 aliphatic carbocycles. The number of phenolic OH excluding ortho intramolecular Hbond substituents is 2. The number of aliphatic carboxylic acids is 1. The lowest BCUT2D eigenvalue weighted by atomic mass is 10.1. The monoisotopic (exact) mass is 255 g/mol. The minimum atomic E-state index is -1.25. The maximum absolute atomic E-state index is 11.7. The number of carbonyl (C=O) groups excluding carboxylic acids is 1. The van der Waals surface area contributed by atoms with Crippen LogP contribution in [0.5, 0.6) is 11.5 Å². The van der Waals surface area contributed by atoms with Crippen molar-refractivity contribution in [3.05, 3.63) is 23.8 Å². The van der Waals surface area contributed by atoms with Crippen molar-refractivity contribution < 1.29 is 29.6 Å². The maximum Gasteiger partial charge on any atom is 0.328 e. The molecule has 7 nitrogen and oxygen atoms in total. The number of carbonyl (C=O) groups is 2. The second-order valence-corrected chi connectivity index (χ2v) is 3.52. The summed E-state index contributed by atoms with van der Waals surface area (Å²) < 4.78 is 4.65. The van der Waals surface area contributed by atoms with Gasteiger partial charge in [-0.3, -0.25) is 4.79 Å². The van der Waals surface area contributed by atoms with Crippen LogP contribution < -0.4 is 5.32 Å². The SMILES string of the molecule is COCC(NC(=O)c1ccc(O)cc1O)C(=O)O. The number of nitrogens with one attached hydrogen (secondary N) is 1. The number of carboxylic acids is 1. The Bertz CT molecular complexity index is 459. The summed E-state index contributed by atoms with van der Waals surface area (Å²) in [5, 5.41) is 29.5. The summed E-state index contributed by atoms with van der Waals surface area (Å²) in [5.74, 6) is -2.65. The molecule has 0 radical (unpaired) electrons. The van der Waals surface area contributed by atoms with E-state index < -0.39 is 23.7 Å². The lowest BCUT2D eigenvalue weighted by Gasteiger charge is -2.14. The highest BCUT2D eigenvalue weighted by Crippen LogP contribution is 2.22. The number of methoxy groups -OCH3 is 1. The van der Waals surface area contributed by atoms with Crippen molar-refractivity contribution in [1.82, 2.24) is 5.32 Å². The number of hydrogen-bond acceptors (Lipinski definition) is 5. The first-order valence-electron chi connectivity index (χ1n) is 5.00. The zero-order valence-corrected chi connectivity index (χ0v) is 9.58. The number of hydrogen-bond donors (Lipinski definition) is 4. The molecule has 0 aromatic heterocycles. The zero-order chi connectivity index (χ0) is 13.7. The van der Waals surface area contributed by atoms with Crippen molar-refractivity contribution in [3.8, 4) is 11.5 Å². The molecule has 1 rings (SSSR count). The number of rotatable bonds is 5. The Hall–Kier alpha value is -2.28. The fourth-order valence-corrected chi connectivity index (χ4v) is 1.29. The molecule has 0 fully saturated rings. The Morgan fingerprint density at radius 2 is 2.06 bits per heavy atom. The molecule has 1 atom stereocenters. The largest absolute Gasteiger partial charge is 0.508 e. The Kier molecular flexibility index (Phi) is 4.50. The third-order valence-corrected chi connectivity index (χ3v) is 2.16. The van der Waals surface area contributed by atoms with E-state index in [1.807, 2.05) is 0 Å². The van der Waals surface area contributed by atoms with Gasteiger partial charge in [0.1, 0.15) is 11.5 Å². The van der Waals surface area contributed by atoms with E-state index in [0.717, 1.165) is 6.07 Å². The molecule has 0 saturated heterocycles. The molecule has 0 spiro atoms. The van der Waals surface area contributed by atoms with Gasteiger partial charge >= 0.3 is 5.97 Å². The molecule has 0 heterocycles. The molecule has 0 aliphatic heterocycles. The maximum atomic E-state index is 11.7. The molecule has 1 aromatic rings. The van der Waals surface area contributed by atoms with E-state index in [4.69, 9.17) is 10.2 Å². The standard InChI is InChI=1S/C11H13NO6/c1-18-5-8(11(16)17)12-10(15)7-3-2-6(13)4-9(7)14/h2-4,8,13-14H,5H2,1H3,(H,12,15)(H,16,17). The van der Waals surface area contributed by atoms with Crippen LogP contribution in [0.25, 0.3) is 0 Å². The quantitative estimate of drug-likeness (QED) is 0.585. The topological polar surface area (TPSA) is 116 Å². The van der Waals surface area contributed by atoms with E-state index in [0.29, 0.717) is 0 Å². The Morgan fingerprint density at radius 1 is 1.39 bits per heavy atom. The first-order valence-corrected chi connectivity index (χ1v) is 5.00. The fraction of sp³-hybridized carbons (Fsp3) is 0.273. The third kappa shape index (κ3) is 3.36. The van der Waals surface area contributed by atoms with Crippen LogP contribution in [0.2, 0.25) is 0 Å². The van der Waals surface area contributed by atoms with Gasteiger partial charge in [-0.2, -0.15) is 0 Å². The Balaban J connectivity index is 2.83. The summed E-state index contributed by atoms with van der Waals surface area (Å²) in [6.07, 6.45) is 0. The highest BCUT2D eigenvalue weighted by molar-refractivity contribution is 5.99. The van der Waals surface area contributed by atoms with E-state index in [2.05, 4.69) is 10.1 Å². The molecule has 1 amide bonds. The van der Waals surface area contributed by atoms with Crippen LogP contribution in [0, 0.1) is 0 Å². The highest BCUT2D eigenvalue weighted by atomic mass is 16.5. The minimum Gasteiger partial charge on any atom is -0.508 e.